The third-order valence-corrected chi connectivity index (χ3v) is 4.67. The second-order valence-corrected chi connectivity index (χ2v) is 8.19. The normalized spacial score (nSPS) is 17.6. The quantitative estimate of drug-likeness (QED) is 0.728. The molecule has 1 aliphatic rings. The van der Waals surface area contributed by atoms with Crippen LogP contribution in [-0.4, -0.2) is 79.2 Å². The van der Waals surface area contributed by atoms with E-state index in [1.807, 2.05) is 20.8 Å². The fourth-order valence-electron chi connectivity index (χ4n) is 3.07. The van der Waals surface area contributed by atoms with Crippen molar-refractivity contribution in [2.24, 2.45) is 0 Å². The maximum absolute atomic E-state index is 10.5. The summed E-state index contributed by atoms with van der Waals surface area (Å²) in [5, 5.41) is 10.5. The molecule has 0 unspecified atom stereocenters. The van der Waals surface area contributed by atoms with Gasteiger partial charge in [-0.15, -0.1) is 0 Å². The Labute approximate surface area is 158 Å². The van der Waals surface area contributed by atoms with Crippen molar-refractivity contribution in [3.8, 4) is 0 Å². The molecule has 1 aliphatic heterocycles. The predicted molar refractivity (Wildman–Crippen MR) is 105 cm³/mol. The first kappa shape index (κ1) is 21.3. The lowest BCUT2D eigenvalue weighted by molar-refractivity contribution is -0.0575. The number of hydrogen-bond acceptors (Lipinski definition) is 5. The van der Waals surface area contributed by atoms with Gasteiger partial charge in [0.1, 0.15) is 0 Å². The molecule has 26 heavy (non-hydrogen) atoms. The Morgan fingerprint density at radius 1 is 1.23 bits per heavy atom. The molecule has 0 radical (unpaired) electrons. The van der Waals surface area contributed by atoms with E-state index in [1.165, 1.54) is 11.1 Å². The van der Waals surface area contributed by atoms with Crippen LogP contribution in [0.2, 0.25) is 0 Å². The van der Waals surface area contributed by atoms with Crippen LogP contribution in [0.1, 0.15) is 31.9 Å². The minimum absolute atomic E-state index is 0.227. The van der Waals surface area contributed by atoms with Crippen molar-refractivity contribution in [2.45, 2.75) is 45.9 Å². The van der Waals surface area contributed by atoms with Crippen LogP contribution >= 0.6 is 0 Å². The van der Waals surface area contributed by atoms with E-state index in [0.717, 1.165) is 45.9 Å². The van der Waals surface area contributed by atoms with E-state index in [2.05, 4.69) is 41.0 Å². The number of nitrogens with zero attached hydrogens (tertiary/aromatic N) is 2. The lowest BCUT2D eigenvalue weighted by atomic mass is 10.1. The number of ether oxygens (including phenoxy) is 2. The summed E-state index contributed by atoms with van der Waals surface area (Å²) in [6.45, 7) is 15.6. The van der Waals surface area contributed by atoms with Crippen LogP contribution < -0.4 is 0 Å². The summed E-state index contributed by atoms with van der Waals surface area (Å²) in [7, 11) is 0. The van der Waals surface area contributed by atoms with Crippen LogP contribution in [0, 0.1) is 6.92 Å². The van der Waals surface area contributed by atoms with Crippen molar-refractivity contribution >= 4 is 0 Å². The molecular formula is C21H36N2O3. The molecule has 1 atom stereocenters. The molecule has 0 bridgehead atoms. The number of aliphatic hydroxyl groups is 1. The van der Waals surface area contributed by atoms with Gasteiger partial charge in [0.15, 0.2) is 0 Å². The van der Waals surface area contributed by atoms with Gasteiger partial charge in [-0.05, 0) is 38.8 Å². The molecule has 0 amide bonds. The van der Waals surface area contributed by atoms with Crippen molar-refractivity contribution in [3.63, 3.8) is 0 Å². The fraction of sp³-hybridized carbons (Fsp3) is 0.714. The lowest BCUT2D eigenvalue weighted by Gasteiger charge is -2.31. The Bertz CT molecular complexity index is 524. The highest BCUT2D eigenvalue weighted by Crippen LogP contribution is 2.13. The topological polar surface area (TPSA) is 45.2 Å². The van der Waals surface area contributed by atoms with E-state index in [-0.39, 0.29) is 5.60 Å². The molecule has 1 fully saturated rings. The molecule has 1 aromatic rings. The Hall–Kier alpha value is -0.980. The first-order valence-corrected chi connectivity index (χ1v) is 9.72. The average molecular weight is 365 g/mol. The number of benzene rings is 1. The number of aliphatic hydroxyl groups excluding tert-OH is 1. The van der Waals surface area contributed by atoms with Gasteiger partial charge < -0.3 is 14.6 Å². The molecular weight excluding hydrogens is 328 g/mol. The Morgan fingerprint density at radius 2 is 1.92 bits per heavy atom. The summed E-state index contributed by atoms with van der Waals surface area (Å²) >= 11 is 0. The summed E-state index contributed by atoms with van der Waals surface area (Å²) in [4.78, 5) is 4.78. The van der Waals surface area contributed by atoms with Crippen LogP contribution in [0.5, 0.6) is 0 Å². The van der Waals surface area contributed by atoms with E-state index >= 15 is 0 Å². The third kappa shape index (κ3) is 8.14. The number of hydrogen-bond donors (Lipinski definition) is 1. The molecule has 1 N–H and O–H groups in total. The highest BCUT2D eigenvalue weighted by atomic mass is 16.5. The molecule has 1 heterocycles. The summed E-state index contributed by atoms with van der Waals surface area (Å²) in [6, 6.07) is 8.48. The van der Waals surface area contributed by atoms with Crippen molar-refractivity contribution in [1.29, 1.82) is 0 Å². The Balaban J connectivity index is 1.92. The minimum Gasteiger partial charge on any atom is -0.389 e. The average Bonchev–Trinajstić information content (AvgIpc) is 2.60. The van der Waals surface area contributed by atoms with Crippen molar-refractivity contribution in [3.05, 3.63) is 35.4 Å². The monoisotopic (exact) mass is 364 g/mol. The van der Waals surface area contributed by atoms with Gasteiger partial charge in [0.05, 0.1) is 31.5 Å². The number of rotatable bonds is 9. The Morgan fingerprint density at radius 3 is 2.58 bits per heavy atom. The van der Waals surface area contributed by atoms with Crippen molar-refractivity contribution < 1.29 is 14.6 Å². The minimum atomic E-state index is -0.483. The van der Waals surface area contributed by atoms with Crippen LogP contribution in [0.3, 0.4) is 0 Å². The first-order valence-electron chi connectivity index (χ1n) is 9.72. The molecule has 5 heteroatoms. The van der Waals surface area contributed by atoms with Gasteiger partial charge in [0.25, 0.3) is 0 Å². The maximum atomic E-state index is 10.5. The van der Waals surface area contributed by atoms with E-state index in [1.54, 1.807) is 0 Å². The van der Waals surface area contributed by atoms with Crippen LogP contribution in [0.25, 0.3) is 0 Å². The van der Waals surface area contributed by atoms with E-state index in [4.69, 9.17) is 9.47 Å². The molecule has 0 spiro atoms. The lowest BCUT2D eigenvalue weighted by Crippen LogP contribution is -2.43. The summed E-state index contributed by atoms with van der Waals surface area (Å²) in [5.74, 6) is 0. The Kier molecular flexibility index (Phi) is 8.51. The number of aryl methyl sites for hydroxylation is 1. The van der Waals surface area contributed by atoms with E-state index < -0.39 is 6.10 Å². The van der Waals surface area contributed by atoms with Gasteiger partial charge >= 0.3 is 0 Å². The summed E-state index contributed by atoms with van der Waals surface area (Å²) in [5.41, 5.74) is 2.39. The van der Waals surface area contributed by atoms with Gasteiger partial charge in [-0.2, -0.15) is 0 Å². The second-order valence-electron chi connectivity index (χ2n) is 8.19. The second kappa shape index (κ2) is 10.4. The van der Waals surface area contributed by atoms with Gasteiger partial charge in [0, 0.05) is 39.3 Å². The maximum Gasteiger partial charge on any atom is 0.0900 e. The van der Waals surface area contributed by atoms with Gasteiger partial charge in [0.2, 0.25) is 0 Å². The van der Waals surface area contributed by atoms with Gasteiger partial charge in [-0.25, -0.2) is 0 Å². The molecule has 5 nitrogen and oxygen atoms in total. The van der Waals surface area contributed by atoms with Crippen LogP contribution in [0.4, 0.5) is 0 Å². The zero-order chi connectivity index (χ0) is 19.0. The zero-order valence-corrected chi connectivity index (χ0v) is 16.9. The fourth-order valence-corrected chi connectivity index (χ4v) is 3.07. The van der Waals surface area contributed by atoms with Crippen molar-refractivity contribution in [2.75, 3.05) is 52.5 Å². The molecule has 1 saturated heterocycles. The van der Waals surface area contributed by atoms with Gasteiger partial charge in [-0.1, -0.05) is 24.3 Å². The largest absolute Gasteiger partial charge is 0.389 e. The zero-order valence-electron chi connectivity index (χ0n) is 16.9. The van der Waals surface area contributed by atoms with Crippen molar-refractivity contribution in [1.82, 2.24) is 9.80 Å². The molecule has 0 saturated carbocycles. The smallest absolute Gasteiger partial charge is 0.0900 e. The molecule has 0 aliphatic carbocycles. The van der Waals surface area contributed by atoms with E-state index in [9.17, 15) is 5.11 Å². The number of morpholine rings is 1. The molecule has 148 valence electrons. The van der Waals surface area contributed by atoms with Crippen LogP contribution in [0.15, 0.2) is 24.3 Å². The summed E-state index contributed by atoms with van der Waals surface area (Å²) < 4.78 is 11.2. The predicted octanol–water partition coefficient (Wildman–Crippen LogP) is 2.31. The molecule has 2 rings (SSSR count). The van der Waals surface area contributed by atoms with Crippen LogP contribution in [-0.2, 0) is 16.0 Å². The van der Waals surface area contributed by atoms with E-state index in [0.29, 0.717) is 13.2 Å². The highest BCUT2D eigenvalue weighted by molar-refractivity contribution is 5.25. The van der Waals surface area contributed by atoms with Gasteiger partial charge in [-0.3, -0.25) is 9.80 Å². The highest BCUT2D eigenvalue weighted by Gasteiger charge is 2.18. The summed E-state index contributed by atoms with van der Waals surface area (Å²) in [6.07, 6.45) is -0.483. The first-order chi connectivity index (χ1) is 12.3. The molecule has 1 aromatic carbocycles. The third-order valence-electron chi connectivity index (χ3n) is 4.67. The SMILES string of the molecule is Cc1ccccc1CN(CCN1CCOCC1)C[C@@H](O)COC(C)(C)C. The standard InChI is InChI=1S/C21H36N2O3/c1-18-7-5-6-8-19(18)15-23(10-9-22-11-13-25-14-12-22)16-20(24)17-26-21(2,3)4/h5-8,20,24H,9-17H2,1-4H3/t20-/m1/s1. The molecule has 0 aromatic heterocycles.